The number of benzene rings is 1. The molecule has 0 aliphatic rings. The van der Waals surface area contributed by atoms with Gasteiger partial charge >= 0.3 is 0 Å². The van der Waals surface area contributed by atoms with Crippen LogP contribution in [0.5, 0.6) is 0 Å². The number of rotatable bonds is 5. The predicted octanol–water partition coefficient (Wildman–Crippen LogP) is 3.78. The van der Waals surface area contributed by atoms with Crippen molar-refractivity contribution in [2.75, 3.05) is 13.1 Å². The second kappa shape index (κ2) is 6.11. The summed E-state index contributed by atoms with van der Waals surface area (Å²) in [6.07, 6.45) is 0.599. The average molecular weight is 248 g/mol. The first-order valence-corrected chi connectivity index (χ1v) is 5.31. The van der Waals surface area contributed by atoms with Crippen LogP contribution in [-0.4, -0.2) is 13.1 Å². The van der Waals surface area contributed by atoms with Crippen LogP contribution in [0.4, 0.5) is 4.39 Å². The van der Waals surface area contributed by atoms with E-state index in [-0.39, 0.29) is 6.54 Å². The molecular weight excluding hydrogens is 236 g/mol. The molecule has 0 aliphatic heterocycles. The number of nitrogens with one attached hydrogen (secondary N) is 1. The minimum Gasteiger partial charge on any atom is -0.310 e. The molecule has 1 rings (SSSR count). The van der Waals surface area contributed by atoms with Crippen molar-refractivity contribution in [3.63, 3.8) is 0 Å². The predicted molar refractivity (Wildman–Crippen MR) is 63.4 cm³/mol. The average Bonchev–Trinajstić information content (AvgIpc) is 2.22. The molecular formula is C11H12Cl2FN. The SMILES string of the molecule is C=CCNCC(F)c1ccc(Cl)c(Cl)c1. The number of hydrogen-bond acceptors (Lipinski definition) is 1. The van der Waals surface area contributed by atoms with Crippen LogP contribution in [0.15, 0.2) is 30.9 Å². The van der Waals surface area contributed by atoms with Crippen LogP contribution >= 0.6 is 23.2 Å². The smallest absolute Gasteiger partial charge is 0.138 e. The van der Waals surface area contributed by atoms with Gasteiger partial charge in [0.15, 0.2) is 0 Å². The molecule has 0 aromatic heterocycles. The van der Waals surface area contributed by atoms with E-state index in [4.69, 9.17) is 23.2 Å². The van der Waals surface area contributed by atoms with Gasteiger partial charge in [0.1, 0.15) is 6.17 Å². The van der Waals surface area contributed by atoms with E-state index in [0.29, 0.717) is 22.2 Å². The fourth-order valence-electron chi connectivity index (χ4n) is 1.14. The lowest BCUT2D eigenvalue weighted by Crippen LogP contribution is -2.19. The Labute approximate surface area is 98.9 Å². The van der Waals surface area contributed by atoms with Crippen LogP contribution in [0, 0.1) is 0 Å². The Morgan fingerprint density at radius 2 is 2.13 bits per heavy atom. The highest BCUT2D eigenvalue weighted by atomic mass is 35.5. The summed E-state index contributed by atoms with van der Waals surface area (Å²) in [6.45, 7) is 4.36. The fourth-order valence-corrected chi connectivity index (χ4v) is 1.44. The van der Waals surface area contributed by atoms with Gasteiger partial charge in [0.25, 0.3) is 0 Å². The first-order chi connectivity index (χ1) is 7.15. The first kappa shape index (κ1) is 12.5. The van der Waals surface area contributed by atoms with Crippen LogP contribution in [0.1, 0.15) is 11.7 Å². The van der Waals surface area contributed by atoms with Crippen molar-refractivity contribution in [2.24, 2.45) is 0 Å². The van der Waals surface area contributed by atoms with Gasteiger partial charge in [-0.15, -0.1) is 6.58 Å². The van der Waals surface area contributed by atoms with E-state index in [1.54, 1.807) is 24.3 Å². The van der Waals surface area contributed by atoms with Crippen molar-refractivity contribution < 1.29 is 4.39 Å². The fraction of sp³-hybridized carbons (Fsp3) is 0.273. The molecule has 4 heteroatoms. The zero-order valence-corrected chi connectivity index (χ0v) is 9.65. The van der Waals surface area contributed by atoms with Crippen LogP contribution in [0.25, 0.3) is 0 Å². The van der Waals surface area contributed by atoms with Crippen molar-refractivity contribution in [1.29, 1.82) is 0 Å². The van der Waals surface area contributed by atoms with Gasteiger partial charge in [-0.1, -0.05) is 35.3 Å². The molecule has 1 aromatic carbocycles. The first-order valence-electron chi connectivity index (χ1n) is 4.55. The second-order valence-corrected chi connectivity index (χ2v) is 3.90. The highest BCUT2D eigenvalue weighted by Gasteiger charge is 2.10. The zero-order chi connectivity index (χ0) is 11.3. The van der Waals surface area contributed by atoms with Gasteiger partial charge in [-0.2, -0.15) is 0 Å². The molecule has 0 spiro atoms. The van der Waals surface area contributed by atoms with Gasteiger partial charge in [-0.05, 0) is 17.7 Å². The molecule has 0 heterocycles. The van der Waals surface area contributed by atoms with Crippen LogP contribution in [-0.2, 0) is 0 Å². The Hall–Kier alpha value is -0.570. The standard InChI is InChI=1S/C11H12Cl2FN/c1-2-5-15-7-11(14)8-3-4-9(12)10(13)6-8/h2-4,6,11,15H,1,5,7H2. The molecule has 1 atom stereocenters. The molecule has 0 bridgehead atoms. The largest absolute Gasteiger partial charge is 0.310 e. The Balaban J connectivity index is 2.61. The van der Waals surface area contributed by atoms with Gasteiger partial charge in [-0.25, -0.2) is 4.39 Å². The molecule has 15 heavy (non-hydrogen) atoms. The molecule has 0 saturated carbocycles. The zero-order valence-electron chi connectivity index (χ0n) is 8.14. The maximum atomic E-state index is 13.6. The minimum absolute atomic E-state index is 0.240. The van der Waals surface area contributed by atoms with Gasteiger partial charge in [0.2, 0.25) is 0 Å². The number of hydrogen-bond donors (Lipinski definition) is 1. The number of halogens is 3. The Morgan fingerprint density at radius 3 is 2.73 bits per heavy atom. The molecule has 1 unspecified atom stereocenters. The summed E-state index contributed by atoms with van der Waals surface area (Å²) < 4.78 is 13.6. The Bertz CT molecular complexity index is 341. The summed E-state index contributed by atoms with van der Waals surface area (Å²) in [5.74, 6) is 0. The van der Waals surface area contributed by atoms with Crippen molar-refractivity contribution in [3.05, 3.63) is 46.5 Å². The van der Waals surface area contributed by atoms with E-state index in [1.807, 2.05) is 0 Å². The Kier molecular flexibility index (Phi) is 5.09. The van der Waals surface area contributed by atoms with E-state index in [2.05, 4.69) is 11.9 Å². The van der Waals surface area contributed by atoms with Gasteiger partial charge in [0, 0.05) is 13.1 Å². The molecule has 0 aliphatic carbocycles. The highest BCUT2D eigenvalue weighted by molar-refractivity contribution is 6.42. The lowest BCUT2D eigenvalue weighted by Gasteiger charge is -2.09. The molecule has 0 amide bonds. The summed E-state index contributed by atoms with van der Waals surface area (Å²) in [6, 6.07) is 4.78. The summed E-state index contributed by atoms with van der Waals surface area (Å²) in [5.41, 5.74) is 0.529. The summed E-state index contributed by atoms with van der Waals surface area (Å²) in [4.78, 5) is 0. The quantitative estimate of drug-likeness (QED) is 0.617. The van der Waals surface area contributed by atoms with Crippen molar-refractivity contribution in [1.82, 2.24) is 5.32 Å². The lowest BCUT2D eigenvalue weighted by atomic mass is 10.1. The van der Waals surface area contributed by atoms with E-state index in [0.717, 1.165) is 0 Å². The monoisotopic (exact) mass is 247 g/mol. The van der Waals surface area contributed by atoms with Crippen molar-refractivity contribution in [2.45, 2.75) is 6.17 Å². The Morgan fingerprint density at radius 1 is 1.40 bits per heavy atom. The summed E-state index contributed by atoms with van der Waals surface area (Å²) in [7, 11) is 0. The van der Waals surface area contributed by atoms with E-state index >= 15 is 0 Å². The van der Waals surface area contributed by atoms with Crippen molar-refractivity contribution >= 4 is 23.2 Å². The third kappa shape index (κ3) is 3.82. The minimum atomic E-state index is -1.08. The maximum absolute atomic E-state index is 13.6. The van der Waals surface area contributed by atoms with E-state index in [9.17, 15) is 4.39 Å². The molecule has 82 valence electrons. The lowest BCUT2D eigenvalue weighted by molar-refractivity contribution is 0.332. The molecule has 0 radical (unpaired) electrons. The van der Waals surface area contributed by atoms with Crippen LogP contribution in [0.2, 0.25) is 10.0 Å². The van der Waals surface area contributed by atoms with Crippen LogP contribution in [0.3, 0.4) is 0 Å². The number of alkyl halides is 1. The third-order valence-electron chi connectivity index (χ3n) is 1.92. The van der Waals surface area contributed by atoms with Gasteiger partial charge in [-0.3, -0.25) is 0 Å². The highest BCUT2D eigenvalue weighted by Crippen LogP contribution is 2.26. The van der Waals surface area contributed by atoms with Crippen LogP contribution < -0.4 is 5.32 Å². The second-order valence-electron chi connectivity index (χ2n) is 3.09. The van der Waals surface area contributed by atoms with Gasteiger partial charge in [0.05, 0.1) is 10.0 Å². The summed E-state index contributed by atoms with van der Waals surface area (Å²) >= 11 is 11.5. The molecule has 1 nitrogen and oxygen atoms in total. The maximum Gasteiger partial charge on any atom is 0.138 e. The van der Waals surface area contributed by atoms with E-state index in [1.165, 1.54) is 0 Å². The molecule has 0 fully saturated rings. The molecule has 1 N–H and O–H groups in total. The normalized spacial score (nSPS) is 12.5. The van der Waals surface area contributed by atoms with Crippen molar-refractivity contribution in [3.8, 4) is 0 Å². The molecule has 1 aromatic rings. The molecule has 0 saturated heterocycles. The summed E-state index contributed by atoms with van der Waals surface area (Å²) in [5, 5.41) is 3.71. The van der Waals surface area contributed by atoms with Gasteiger partial charge < -0.3 is 5.32 Å². The third-order valence-corrected chi connectivity index (χ3v) is 2.66. The topological polar surface area (TPSA) is 12.0 Å². The van der Waals surface area contributed by atoms with E-state index < -0.39 is 6.17 Å².